The summed E-state index contributed by atoms with van der Waals surface area (Å²) < 4.78 is 2.08. The van der Waals surface area contributed by atoms with Crippen LogP contribution in [0.4, 0.5) is 5.69 Å². The summed E-state index contributed by atoms with van der Waals surface area (Å²) in [6.45, 7) is 0.446. The van der Waals surface area contributed by atoms with Crippen molar-refractivity contribution in [1.29, 1.82) is 0 Å². The second-order valence-corrected chi connectivity index (χ2v) is 7.16. The van der Waals surface area contributed by atoms with E-state index in [9.17, 15) is 5.11 Å². The van der Waals surface area contributed by atoms with Crippen LogP contribution in [0.25, 0.3) is 11.6 Å². The van der Waals surface area contributed by atoms with Crippen molar-refractivity contribution in [3.8, 4) is 5.88 Å². The highest BCUT2D eigenvalue weighted by atomic mass is 35.5. The third kappa shape index (κ3) is 3.21. The van der Waals surface area contributed by atoms with Gasteiger partial charge in [0.25, 0.3) is 0 Å². The summed E-state index contributed by atoms with van der Waals surface area (Å²) >= 11 is 17.3. The zero-order valence-corrected chi connectivity index (χ0v) is 15.7. The van der Waals surface area contributed by atoms with Crippen LogP contribution in [0.15, 0.2) is 47.5 Å². The number of aromatic amines is 1. The van der Waals surface area contributed by atoms with Crippen molar-refractivity contribution in [2.75, 3.05) is 0 Å². The molecule has 0 amide bonds. The molecule has 0 fully saturated rings. The lowest BCUT2D eigenvalue weighted by Crippen LogP contribution is -1.99. The highest BCUT2D eigenvalue weighted by Gasteiger charge is 2.15. The summed E-state index contributed by atoms with van der Waals surface area (Å²) in [4.78, 5) is 7.41. The number of aromatic nitrogens is 2. The molecule has 1 aliphatic rings. The first-order valence-corrected chi connectivity index (χ1v) is 8.99. The highest BCUT2D eigenvalue weighted by Crippen LogP contribution is 2.35. The van der Waals surface area contributed by atoms with Gasteiger partial charge in [-0.25, -0.2) is 0 Å². The summed E-state index contributed by atoms with van der Waals surface area (Å²) in [6.07, 6.45) is 3.57. The van der Waals surface area contributed by atoms with Gasteiger partial charge in [0.2, 0.25) is 5.88 Å². The fourth-order valence-corrected chi connectivity index (χ4v) is 3.39. The number of hydrogen-bond donors (Lipinski definition) is 2. The molecule has 2 heterocycles. The fraction of sp³-hybridized carbons (Fsp3) is 0.0526. The third-order valence-corrected chi connectivity index (χ3v) is 4.96. The molecule has 0 atom stereocenters. The Morgan fingerprint density at radius 3 is 2.62 bits per heavy atom. The molecule has 0 saturated heterocycles. The maximum Gasteiger partial charge on any atom is 0.218 e. The van der Waals surface area contributed by atoms with E-state index in [0.29, 0.717) is 27.1 Å². The van der Waals surface area contributed by atoms with E-state index in [-0.39, 0.29) is 5.88 Å². The Balaban J connectivity index is 1.69. The molecule has 0 bridgehead atoms. The van der Waals surface area contributed by atoms with Gasteiger partial charge >= 0.3 is 0 Å². The zero-order chi connectivity index (χ0) is 18.3. The van der Waals surface area contributed by atoms with Crippen LogP contribution in [0.5, 0.6) is 5.88 Å². The first kappa shape index (κ1) is 17.1. The van der Waals surface area contributed by atoms with Crippen molar-refractivity contribution in [1.82, 2.24) is 9.55 Å². The second kappa shape index (κ2) is 6.76. The lowest BCUT2D eigenvalue weighted by Gasteiger charge is -2.05. The van der Waals surface area contributed by atoms with Gasteiger partial charge in [-0.15, -0.1) is 0 Å². The molecule has 0 aliphatic carbocycles. The minimum Gasteiger partial charge on any atom is -0.493 e. The molecular weight excluding hydrogens is 389 g/mol. The maximum atomic E-state index is 10.6. The topological polar surface area (TPSA) is 53.3 Å². The number of imidazole rings is 1. The van der Waals surface area contributed by atoms with Crippen molar-refractivity contribution in [3.63, 3.8) is 0 Å². The van der Waals surface area contributed by atoms with Crippen LogP contribution in [-0.4, -0.2) is 20.9 Å². The quantitative estimate of drug-likeness (QED) is 0.539. The number of aliphatic imine (C=N–C) groups is 1. The summed E-state index contributed by atoms with van der Waals surface area (Å²) in [5.41, 5.74) is 4.16. The van der Waals surface area contributed by atoms with E-state index in [2.05, 4.69) is 9.98 Å². The minimum atomic E-state index is 0.0771. The van der Waals surface area contributed by atoms with Gasteiger partial charge in [-0.05, 0) is 48.1 Å². The molecule has 7 heteroatoms. The van der Waals surface area contributed by atoms with Crippen LogP contribution in [0.3, 0.4) is 0 Å². The number of fused-ring (bicyclic) bond motifs is 1. The third-order valence-electron chi connectivity index (χ3n) is 4.15. The molecule has 130 valence electrons. The average molecular weight is 402 g/mol. The molecule has 3 aromatic rings. The van der Waals surface area contributed by atoms with E-state index in [1.54, 1.807) is 10.8 Å². The van der Waals surface area contributed by atoms with E-state index in [1.165, 1.54) is 0 Å². The molecule has 4 nitrogen and oxygen atoms in total. The van der Waals surface area contributed by atoms with Crippen LogP contribution in [0.1, 0.15) is 16.8 Å². The van der Waals surface area contributed by atoms with Crippen molar-refractivity contribution in [3.05, 3.63) is 74.1 Å². The number of benzene rings is 2. The van der Waals surface area contributed by atoms with Crippen LogP contribution in [0.2, 0.25) is 10.0 Å². The van der Waals surface area contributed by atoms with Crippen LogP contribution in [-0.2, 0) is 6.54 Å². The molecule has 26 heavy (non-hydrogen) atoms. The molecule has 4 rings (SSSR count). The van der Waals surface area contributed by atoms with Gasteiger partial charge < -0.3 is 10.1 Å². The summed E-state index contributed by atoms with van der Waals surface area (Å²) in [5, 5.41) is 11.9. The highest BCUT2D eigenvalue weighted by molar-refractivity contribution is 7.71. The lowest BCUT2D eigenvalue weighted by molar-refractivity contribution is 0.422. The normalized spacial score (nSPS) is 14.2. The zero-order valence-electron chi connectivity index (χ0n) is 13.4. The number of nitrogens with zero attached hydrogens (tertiary/aromatic N) is 2. The van der Waals surface area contributed by atoms with Gasteiger partial charge in [0, 0.05) is 27.4 Å². The van der Waals surface area contributed by atoms with Crippen LogP contribution >= 0.6 is 35.4 Å². The Kier molecular flexibility index (Phi) is 4.44. The van der Waals surface area contributed by atoms with Crippen molar-refractivity contribution in [2.45, 2.75) is 6.54 Å². The minimum absolute atomic E-state index is 0.0771. The molecule has 0 spiro atoms. The van der Waals surface area contributed by atoms with Gasteiger partial charge in [-0.3, -0.25) is 9.56 Å². The van der Waals surface area contributed by atoms with E-state index in [0.717, 1.165) is 22.4 Å². The van der Waals surface area contributed by atoms with Gasteiger partial charge in [-0.2, -0.15) is 0 Å². The summed E-state index contributed by atoms with van der Waals surface area (Å²) in [6, 6.07) is 13.0. The van der Waals surface area contributed by atoms with Gasteiger partial charge in [0.05, 0.1) is 12.2 Å². The molecule has 1 aromatic heterocycles. The molecule has 0 unspecified atom stereocenters. The predicted molar refractivity (Wildman–Crippen MR) is 109 cm³/mol. The van der Waals surface area contributed by atoms with Crippen molar-refractivity contribution in [2.24, 2.45) is 4.99 Å². The fourth-order valence-electron chi connectivity index (χ4n) is 2.83. The molecule has 2 N–H and O–H groups in total. The molecule has 0 radical (unpaired) electrons. The van der Waals surface area contributed by atoms with Crippen molar-refractivity contribution < 1.29 is 5.11 Å². The second-order valence-electron chi connectivity index (χ2n) is 5.90. The SMILES string of the molecule is Oc1c(/C=C2\C=Nc3cc(Cl)ccc32)[nH]c(=S)n1Cc1ccc(Cl)cc1. The predicted octanol–water partition coefficient (Wildman–Crippen LogP) is 5.86. The van der Waals surface area contributed by atoms with E-state index in [1.807, 2.05) is 48.5 Å². The molecular formula is C19H13Cl2N3OS. The standard InChI is InChI=1S/C19H13Cl2N3OS/c20-13-3-1-11(2-4-13)10-24-18(25)17(23-19(24)26)7-12-9-22-16-8-14(21)5-6-15(12)16/h1-9,25H,10H2,(H,23,26)/b12-7+. The smallest absolute Gasteiger partial charge is 0.218 e. The first-order chi connectivity index (χ1) is 12.5. The largest absolute Gasteiger partial charge is 0.493 e. The number of hydrogen-bond acceptors (Lipinski definition) is 3. The maximum absolute atomic E-state index is 10.6. The lowest BCUT2D eigenvalue weighted by atomic mass is 10.1. The Morgan fingerprint density at radius 1 is 1.12 bits per heavy atom. The van der Waals surface area contributed by atoms with Gasteiger partial charge in [0.15, 0.2) is 4.77 Å². The monoisotopic (exact) mass is 401 g/mol. The Hall–Kier alpha value is -2.34. The Labute approximate surface area is 165 Å². The summed E-state index contributed by atoms with van der Waals surface area (Å²) in [7, 11) is 0. The number of halogens is 2. The first-order valence-electron chi connectivity index (χ1n) is 7.83. The number of rotatable bonds is 3. The van der Waals surface area contributed by atoms with Gasteiger partial charge in [-0.1, -0.05) is 41.4 Å². The summed E-state index contributed by atoms with van der Waals surface area (Å²) in [5.74, 6) is 0.0771. The number of aromatic hydroxyl groups is 1. The number of allylic oxidation sites excluding steroid dienone is 1. The van der Waals surface area contributed by atoms with Crippen LogP contribution < -0.4 is 0 Å². The van der Waals surface area contributed by atoms with Crippen molar-refractivity contribution >= 4 is 59.0 Å². The van der Waals surface area contributed by atoms with E-state index < -0.39 is 0 Å². The average Bonchev–Trinajstić information content (AvgIpc) is 3.12. The Morgan fingerprint density at radius 2 is 1.85 bits per heavy atom. The number of H-pyrrole nitrogens is 1. The molecule has 1 aliphatic heterocycles. The van der Waals surface area contributed by atoms with Gasteiger partial charge in [0.1, 0.15) is 5.69 Å². The molecule has 2 aromatic carbocycles. The Bertz CT molecular complexity index is 1110. The van der Waals surface area contributed by atoms with Crippen LogP contribution in [0, 0.1) is 4.77 Å². The number of nitrogens with one attached hydrogen (secondary N) is 1. The van der Waals surface area contributed by atoms with E-state index in [4.69, 9.17) is 35.4 Å². The molecule has 0 saturated carbocycles. The van der Waals surface area contributed by atoms with E-state index >= 15 is 0 Å².